The molecule has 2 aromatic carbocycles. The number of hydrogen-bond acceptors (Lipinski definition) is 4. The van der Waals surface area contributed by atoms with Gasteiger partial charge in [-0.25, -0.2) is 0 Å². The van der Waals surface area contributed by atoms with Crippen LogP contribution in [0.4, 0.5) is 0 Å². The molecule has 1 N–H and O–H groups in total. The summed E-state index contributed by atoms with van der Waals surface area (Å²) < 4.78 is 12.9. The summed E-state index contributed by atoms with van der Waals surface area (Å²) in [6, 6.07) is 13.8. The van der Waals surface area contributed by atoms with Gasteiger partial charge < -0.3 is 14.8 Å². The van der Waals surface area contributed by atoms with E-state index >= 15 is 0 Å². The van der Waals surface area contributed by atoms with Gasteiger partial charge in [0.05, 0.1) is 26.5 Å². The summed E-state index contributed by atoms with van der Waals surface area (Å²) in [4.78, 5) is 0. The molecule has 0 amide bonds. The quantitative estimate of drug-likeness (QED) is 0.605. The molecule has 5 nitrogen and oxygen atoms in total. The minimum absolute atomic E-state index is 0.663. The standard InChI is InChI=1S/C22H26ClN3O2/c1-15-19(13-24-12-17-9-7-11-21(27-3)22(17)28-4)16(2)26(25-15)14-18-8-5-6-10-20(18)23/h5-11,24H,12-14H2,1-4H3. The Morgan fingerprint density at radius 3 is 2.43 bits per heavy atom. The van der Waals surface area contributed by atoms with Gasteiger partial charge in [0.25, 0.3) is 0 Å². The number of ether oxygens (including phenoxy) is 2. The molecule has 0 radical (unpaired) electrons. The number of para-hydroxylation sites is 1. The molecule has 148 valence electrons. The van der Waals surface area contributed by atoms with Crippen LogP contribution in [0.3, 0.4) is 0 Å². The first-order chi connectivity index (χ1) is 13.5. The van der Waals surface area contributed by atoms with E-state index in [-0.39, 0.29) is 0 Å². The third kappa shape index (κ3) is 4.32. The molecule has 0 spiro atoms. The zero-order valence-corrected chi connectivity index (χ0v) is 17.5. The first kappa shape index (κ1) is 20.2. The highest BCUT2D eigenvalue weighted by Crippen LogP contribution is 2.30. The van der Waals surface area contributed by atoms with Gasteiger partial charge in [0.2, 0.25) is 0 Å². The number of nitrogens with zero attached hydrogens (tertiary/aromatic N) is 2. The molecule has 0 saturated carbocycles. The van der Waals surface area contributed by atoms with Gasteiger partial charge in [-0.15, -0.1) is 0 Å². The van der Waals surface area contributed by atoms with Gasteiger partial charge in [-0.1, -0.05) is 41.9 Å². The van der Waals surface area contributed by atoms with Gasteiger partial charge in [-0.3, -0.25) is 4.68 Å². The lowest BCUT2D eigenvalue weighted by molar-refractivity contribution is 0.350. The number of rotatable bonds is 8. The van der Waals surface area contributed by atoms with E-state index in [1.165, 1.54) is 5.56 Å². The number of aromatic nitrogens is 2. The Labute approximate surface area is 171 Å². The summed E-state index contributed by atoms with van der Waals surface area (Å²) in [7, 11) is 3.31. The number of hydrogen-bond donors (Lipinski definition) is 1. The average molecular weight is 400 g/mol. The average Bonchev–Trinajstić information content (AvgIpc) is 2.96. The molecule has 28 heavy (non-hydrogen) atoms. The van der Waals surface area contributed by atoms with Gasteiger partial charge >= 0.3 is 0 Å². The molecule has 0 aliphatic carbocycles. The fourth-order valence-electron chi connectivity index (χ4n) is 3.35. The Kier molecular flexibility index (Phi) is 6.60. The molecular weight excluding hydrogens is 374 g/mol. The van der Waals surface area contributed by atoms with Crippen LogP contribution >= 0.6 is 11.6 Å². The summed E-state index contributed by atoms with van der Waals surface area (Å²) in [5.41, 5.74) is 5.49. The zero-order valence-electron chi connectivity index (χ0n) is 16.8. The summed E-state index contributed by atoms with van der Waals surface area (Å²) in [5, 5.41) is 8.97. The second kappa shape index (κ2) is 9.13. The van der Waals surface area contributed by atoms with Crippen LogP contribution in [0.5, 0.6) is 11.5 Å². The largest absolute Gasteiger partial charge is 0.493 e. The second-order valence-electron chi connectivity index (χ2n) is 6.65. The molecule has 0 fully saturated rings. The minimum Gasteiger partial charge on any atom is -0.493 e. The summed E-state index contributed by atoms with van der Waals surface area (Å²) >= 11 is 6.30. The molecule has 1 aromatic heterocycles. The Balaban J connectivity index is 1.71. The maximum Gasteiger partial charge on any atom is 0.165 e. The Hall–Kier alpha value is -2.50. The van der Waals surface area contributed by atoms with Gasteiger partial charge in [-0.05, 0) is 31.5 Å². The fraction of sp³-hybridized carbons (Fsp3) is 0.318. The first-order valence-electron chi connectivity index (χ1n) is 9.22. The van der Waals surface area contributed by atoms with E-state index in [0.717, 1.165) is 45.6 Å². The SMILES string of the molecule is COc1cccc(CNCc2c(C)nn(Cc3ccccc3Cl)c2C)c1OC. The summed E-state index contributed by atoms with van der Waals surface area (Å²) in [6.07, 6.45) is 0. The van der Waals surface area contributed by atoms with Crippen molar-refractivity contribution in [2.75, 3.05) is 14.2 Å². The van der Waals surface area contributed by atoms with Gasteiger partial charge in [0.1, 0.15) is 0 Å². The molecule has 0 atom stereocenters. The Morgan fingerprint density at radius 1 is 0.964 bits per heavy atom. The van der Waals surface area contributed by atoms with E-state index in [2.05, 4.69) is 12.2 Å². The van der Waals surface area contributed by atoms with Crippen molar-refractivity contribution in [2.45, 2.75) is 33.5 Å². The third-order valence-electron chi connectivity index (χ3n) is 4.91. The van der Waals surface area contributed by atoms with Crippen LogP contribution in [0.15, 0.2) is 42.5 Å². The van der Waals surface area contributed by atoms with Gasteiger partial charge in [-0.2, -0.15) is 5.10 Å². The topological polar surface area (TPSA) is 48.3 Å². The molecule has 1 heterocycles. The lowest BCUT2D eigenvalue weighted by Crippen LogP contribution is -2.15. The fourth-order valence-corrected chi connectivity index (χ4v) is 3.54. The monoisotopic (exact) mass is 399 g/mol. The minimum atomic E-state index is 0.663. The highest BCUT2D eigenvalue weighted by atomic mass is 35.5. The van der Waals surface area contributed by atoms with Crippen LogP contribution in [0, 0.1) is 13.8 Å². The van der Waals surface area contributed by atoms with E-state index < -0.39 is 0 Å². The summed E-state index contributed by atoms with van der Waals surface area (Å²) in [6.45, 7) is 6.20. The molecule has 0 bridgehead atoms. The highest BCUT2D eigenvalue weighted by Gasteiger charge is 2.14. The van der Waals surface area contributed by atoms with Crippen molar-refractivity contribution in [2.24, 2.45) is 0 Å². The predicted molar refractivity (Wildman–Crippen MR) is 112 cm³/mol. The van der Waals surface area contributed by atoms with E-state index in [0.29, 0.717) is 13.1 Å². The molecule has 3 rings (SSSR count). The van der Waals surface area contributed by atoms with Crippen molar-refractivity contribution in [3.63, 3.8) is 0 Å². The van der Waals surface area contributed by atoms with Crippen LogP contribution in [0.2, 0.25) is 5.02 Å². The van der Waals surface area contributed by atoms with E-state index in [1.807, 2.05) is 54.1 Å². The van der Waals surface area contributed by atoms with Crippen LogP contribution in [0.25, 0.3) is 0 Å². The lowest BCUT2D eigenvalue weighted by atomic mass is 10.1. The van der Waals surface area contributed by atoms with E-state index in [4.69, 9.17) is 26.2 Å². The first-order valence-corrected chi connectivity index (χ1v) is 9.59. The van der Waals surface area contributed by atoms with Gasteiger partial charge in [0, 0.05) is 34.9 Å². The number of nitrogens with one attached hydrogen (secondary N) is 1. The smallest absolute Gasteiger partial charge is 0.165 e. The van der Waals surface area contributed by atoms with Crippen LogP contribution in [-0.4, -0.2) is 24.0 Å². The van der Waals surface area contributed by atoms with Crippen molar-refractivity contribution in [1.82, 2.24) is 15.1 Å². The van der Waals surface area contributed by atoms with Crippen LogP contribution in [0.1, 0.15) is 28.1 Å². The number of aryl methyl sites for hydroxylation is 1. The Bertz CT molecular complexity index is 953. The van der Waals surface area contributed by atoms with Crippen LogP contribution in [-0.2, 0) is 19.6 Å². The maximum atomic E-state index is 6.30. The molecular formula is C22H26ClN3O2. The van der Waals surface area contributed by atoms with Crippen molar-refractivity contribution in [1.29, 1.82) is 0 Å². The van der Waals surface area contributed by atoms with E-state index in [9.17, 15) is 0 Å². The van der Waals surface area contributed by atoms with Crippen molar-refractivity contribution in [3.05, 3.63) is 75.6 Å². The van der Waals surface area contributed by atoms with E-state index in [1.54, 1.807) is 14.2 Å². The molecule has 0 aliphatic rings. The maximum absolute atomic E-state index is 6.30. The second-order valence-corrected chi connectivity index (χ2v) is 7.06. The third-order valence-corrected chi connectivity index (χ3v) is 5.28. The highest BCUT2D eigenvalue weighted by molar-refractivity contribution is 6.31. The predicted octanol–water partition coefficient (Wildman–Crippen LogP) is 4.51. The molecule has 6 heteroatoms. The summed E-state index contributed by atoms with van der Waals surface area (Å²) in [5.74, 6) is 1.50. The van der Waals surface area contributed by atoms with Gasteiger partial charge in [0.15, 0.2) is 11.5 Å². The van der Waals surface area contributed by atoms with Crippen molar-refractivity contribution < 1.29 is 9.47 Å². The Morgan fingerprint density at radius 2 is 1.71 bits per heavy atom. The van der Waals surface area contributed by atoms with Crippen molar-refractivity contribution >= 4 is 11.6 Å². The number of benzene rings is 2. The molecule has 0 aliphatic heterocycles. The normalized spacial score (nSPS) is 10.9. The lowest BCUT2D eigenvalue weighted by Gasteiger charge is -2.13. The molecule has 3 aromatic rings. The van der Waals surface area contributed by atoms with Crippen molar-refractivity contribution in [3.8, 4) is 11.5 Å². The number of halogens is 1. The molecule has 0 unspecified atom stereocenters. The molecule has 0 saturated heterocycles. The van der Waals surface area contributed by atoms with Crippen LogP contribution < -0.4 is 14.8 Å². The zero-order chi connectivity index (χ0) is 20.1. The number of methoxy groups -OCH3 is 2.